The Balaban J connectivity index is 1.75. The molecule has 0 saturated heterocycles. The molecule has 122 valence electrons. The normalized spacial score (nSPS) is 13.0. The van der Waals surface area contributed by atoms with Crippen molar-refractivity contribution in [2.45, 2.75) is 6.10 Å². The monoisotopic (exact) mass is 340 g/mol. The third-order valence-electron chi connectivity index (χ3n) is 3.82. The zero-order chi connectivity index (χ0) is 16.7. The SMILES string of the molecule is COCC(O)c1cc2ccc(-c3cnc4nn(C)cc4c3)nc2s1. The minimum absolute atomic E-state index is 0.279. The summed E-state index contributed by atoms with van der Waals surface area (Å²) in [6, 6.07) is 7.99. The molecule has 0 radical (unpaired) electrons. The van der Waals surface area contributed by atoms with Crippen LogP contribution < -0.4 is 0 Å². The van der Waals surface area contributed by atoms with Crippen molar-refractivity contribution >= 4 is 32.6 Å². The smallest absolute Gasteiger partial charge is 0.181 e. The zero-order valence-electron chi connectivity index (χ0n) is 13.3. The van der Waals surface area contributed by atoms with Crippen molar-refractivity contribution in [3.8, 4) is 11.3 Å². The van der Waals surface area contributed by atoms with Crippen molar-refractivity contribution in [3.05, 3.63) is 41.5 Å². The van der Waals surface area contributed by atoms with E-state index in [2.05, 4.69) is 10.1 Å². The Morgan fingerprint density at radius 2 is 2.17 bits per heavy atom. The summed E-state index contributed by atoms with van der Waals surface area (Å²) in [4.78, 5) is 10.9. The summed E-state index contributed by atoms with van der Waals surface area (Å²) in [5.41, 5.74) is 2.53. The van der Waals surface area contributed by atoms with Crippen LogP contribution in [0.25, 0.3) is 32.5 Å². The van der Waals surface area contributed by atoms with E-state index in [-0.39, 0.29) is 6.61 Å². The lowest BCUT2D eigenvalue weighted by Crippen LogP contribution is -2.02. The molecule has 0 aliphatic rings. The van der Waals surface area contributed by atoms with E-state index in [0.29, 0.717) is 0 Å². The van der Waals surface area contributed by atoms with Crippen molar-refractivity contribution in [2.75, 3.05) is 13.7 Å². The second kappa shape index (κ2) is 5.94. The number of nitrogens with zero attached hydrogens (tertiary/aromatic N) is 4. The number of pyridine rings is 2. The molecule has 4 aromatic rings. The number of thiophene rings is 1. The van der Waals surface area contributed by atoms with E-state index in [1.54, 1.807) is 18.0 Å². The number of methoxy groups -OCH3 is 1. The number of hydrogen-bond acceptors (Lipinski definition) is 6. The average molecular weight is 340 g/mol. The second-order valence-corrected chi connectivity index (χ2v) is 6.71. The van der Waals surface area contributed by atoms with Gasteiger partial charge in [-0.1, -0.05) is 0 Å². The van der Waals surface area contributed by atoms with E-state index in [0.717, 1.165) is 37.4 Å². The van der Waals surface area contributed by atoms with Crippen LogP contribution in [0.1, 0.15) is 11.0 Å². The standard InChI is InChI=1S/C17H16N4O2S/c1-21-8-12-5-11(7-18-16(12)20-21)13-4-3-10-6-15(14(22)9-23-2)24-17(10)19-13/h3-8,14,22H,9H2,1-2H3. The van der Waals surface area contributed by atoms with Crippen molar-refractivity contribution in [2.24, 2.45) is 7.05 Å². The third kappa shape index (κ3) is 2.66. The van der Waals surface area contributed by atoms with Crippen LogP contribution >= 0.6 is 11.3 Å². The first-order chi connectivity index (χ1) is 11.6. The fourth-order valence-corrected chi connectivity index (χ4v) is 3.68. The summed E-state index contributed by atoms with van der Waals surface area (Å²) < 4.78 is 6.76. The molecule has 1 unspecified atom stereocenters. The maximum Gasteiger partial charge on any atom is 0.181 e. The van der Waals surface area contributed by atoms with Gasteiger partial charge in [-0.25, -0.2) is 9.97 Å². The van der Waals surface area contributed by atoms with Crippen LogP contribution in [0.15, 0.2) is 36.7 Å². The van der Waals surface area contributed by atoms with Gasteiger partial charge >= 0.3 is 0 Å². The predicted molar refractivity (Wildman–Crippen MR) is 94.0 cm³/mol. The number of aliphatic hydroxyl groups is 1. The average Bonchev–Trinajstić information content (AvgIpc) is 3.15. The number of fused-ring (bicyclic) bond motifs is 2. The molecule has 1 atom stereocenters. The molecular formula is C17H16N4O2S. The summed E-state index contributed by atoms with van der Waals surface area (Å²) in [6.45, 7) is 0.279. The maximum absolute atomic E-state index is 10.1. The van der Waals surface area contributed by atoms with Gasteiger partial charge in [-0.2, -0.15) is 5.10 Å². The molecule has 24 heavy (non-hydrogen) atoms. The van der Waals surface area contributed by atoms with Crippen LogP contribution in [0.5, 0.6) is 0 Å². The first kappa shape index (κ1) is 15.2. The molecular weight excluding hydrogens is 324 g/mol. The van der Waals surface area contributed by atoms with E-state index in [1.165, 1.54) is 11.3 Å². The number of aliphatic hydroxyl groups excluding tert-OH is 1. The molecule has 0 amide bonds. The highest BCUT2D eigenvalue weighted by Gasteiger charge is 2.13. The fraction of sp³-hybridized carbons (Fsp3) is 0.235. The minimum atomic E-state index is -0.619. The Kier molecular flexibility index (Phi) is 3.76. The number of hydrogen-bond donors (Lipinski definition) is 1. The van der Waals surface area contributed by atoms with Crippen LogP contribution in [0.3, 0.4) is 0 Å². The zero-order valence-corrected chi connectivity index (χ0v) is 14.1. The molecule has 4 heterocycles. The highest BCUT2D eigenvalue weighted by Crippen LogP contribution is 2.31. The number of rotatable bonds is 4. The summed E-state index contributed by atoms with van der Waals surface area (Å²) in [6.07, 6.45) is 3.11. The topological polar surface area (TPSA) is 73.1 Å². The first-order valence-electron chi connectivity index (χ1n) is 7.51. The number of aromatic nitrogens is 4. The lowest BCUT2D eigenvalue weighted by Gasteiger charge is -2.04. The molecule has 0 aliphatic carbocycles. The molecule has 0 bridgehead atoms. The van der Waals surface area contributed by atoms with Gasteiger partial charge in [-0.3, -0.25) is 4.68 Å². The molecule has 7 heteroatoms. The lowest BCUT2D eigenvalue weighted by atomic mass is 10.1. The Morgan fingerprint density at radius 1 is 1.29 bits per heavy atom. The Labute approximate surface area is 142 Å². The molecule has 0 saturated carbocycles. The van der Waals surface area contributed by atoms with Crippen LogP contribution in [0.2, 0.25) is 0 Å². The predicted octanol–water partition coefficient (Wildman–Crippen LogP) is 2.92. The summed E-state index contributed by atoms with van der Waals surface area (Å²) >= 11 is 1.48. The van der Waals surface area contributed by atoms with Gasteiger partial charge < -0.3 is 9.84 Å². The molecule has 1 N–H and O–H groups in total. The van der Waals surface area contributed by atoms with Gasteiger partial charge in [0, 0.05) is 47.8 Å². The van der Waals surface area contributed by atoms with Gasteiger partial charge in [0.15, 0.2) is 5.65 Å². The van der Waals surface area contributed by atoms with Crippen LogP contribution in [-0.2, 0) is 11.8 Å². The van der Waals surface area contributed by atoms with Crippen molar-refractivity contribution in [1.82, 2.24) is 19.7 Å². The summed E-state index contributed by atoms with van der Waals surface area (Å²) in [7, 11) is 3.46. The van der Waals surface area contributed by atoms with Gasteiger partial charge in [-0.15, -0.1) is 11.3 Å². The summed E-state index contributed by atoms with van der Waals surface area (Å²) in [5, 5.41) is 16.4. The van der Waals surface area contributed by atoms with Crippen LogP contribution in [-0.4, -0.2) is 38.6 Å². The molecule has 0 aliphatic heterocycles. The highest BCUT2D eigenvalue weighted by atomic mass is 32.1. The Hall–Kier alpha value is -2.35. The molecule has 0 fully saturated rings. The molecule has 4 rings (SSSR count). The second-order valence-electron chi connectivity index (χ2n) is 5.65. The van der Waals surface area contributed by atoms with Crippen LogP contribution in [0.4, 0.5) is 0 Å². The van der Waals surface area contributed by atoms with Crippen molar-refractivity contribution < 1.29 is 9.84 Å². The van der Waals surface area contributed by atoms with Crippen molar-refractivity contribution in [1.29, 1.82) is 0 Å². The maximum atomic E-state index is 10.1. The van der Waals surface area contributed by atoms with Gasteiger partial charge in [0.1, 0.15) is 10.9 Å². The minimum Gasteiger partial charge on any atom is -0.385 e. The largest absolute Gasteiger partial charge is 0.385 e. The van der Waals surface area contributed by atoms with E-state index >= 15 is 0 Å². The number of ether oxygens (including phenoxy) is 1. The van der Waals surface area contributed by atoms with E-state index < -0.39 is 6.10 Å². The van der Waals surface area contributed by atoms with Crippen molar-refractivity contribution in [3.63, 3.8) is 0 Å². The van der Waals surface area contributed by atoms with E-state index in [1.807, 2.05) is 37.5 Å². The van der Waals surface area contributed by atoms with Gasteiger partial charge in [0.2, 0.25) is 0 Å². The number of aryl methyl sites for hydroxylation is 1. The van der Waals surface area contributed by atoms with E-state index in [9.17, 15) is 5.11 Å². The third-order valence-corrected chi connectivity index (χ3v) is 4.97. The van der Waals surface area contributed by atoms with E-state index in [4.69, 9.17) is 9.72 Å². The Morgan fingerprint density at radius 3 is 3.00 bits per heavy atom. The molecule has 0 spiro atoms. The van der Waals surface area contributed by atoms with Crippen LogP contribution in [0, 0.1) is 0 Å². The fourth-order valence-electron chi connectivity index (χ4n) is 2.67. The molecule has 4 aromatic heterocycles. The summed E-state index contributed by atoms with van der Waals surface area (Å²) in [5.74, 6) is 0. The van der Waals surface area contributed by atoms with Gasteiger partial charge in [0.25, 0.3) is 0 Å². The Bertz CT molecular complexity index is 1020. The first-order valence-corrected chi connectivity index (χ1v) is 8.33. The molecule has 6 nitrogen and oxygen atoms in total. The van der Waals surface area contributed by atoms with Gasteiger partial charge in [-0.05, 0) is 24.3 Å². The molecule has 0 aromatic carbocycles. The lowest BCUT2D eigenvalue weighted by molar-refractivity contribution is 0.0667. The quantitative estimate of drug-likeness (QED) is 0.618. The highest BCUT2D eigenvalue weighted by molar-refractivity contribution is 7.18. The van der Waals surface area contributed by atoms with Gasteiger partial charge in [0.05, 0.1) is 12.3 Å².